The van der Waals surface area contributed by atoms with Gasteiger partial charge in [0.25, 0.3) is 0 Å². The second kappa shape index (κ2) is 5.27. The molecule has 1 aromatic heterocycles. The van der Waals surface area contributed by atoms with E-state index >= 15 is 0 Å². The van der Waals surface area contributed by atoms with Gasteiger partial charge >= 0.3 is 5.76 Å². The Balaban J connectivity index is 2.61. The summed E-state index contributed by atoms with van der Waals surface area (Å²) in [6, 6.07) is 0. The van der Waals surface area contributed by atoms with Crippen LogP contribution >= 0.6 is 0 Å². The first-order chi connectivity index (χ1) is 7.45. The van der Waals surface area contributed by atoms with Crippen molar-refractivity contribution in [3.63, 3.8) is 0 Å². The number of rotatable bonds is 5. The fraction of sp³-hybridized carbons (Fsp3) is 0.818. The normalized spacial score (nSPS) is 12.0. The fourth-order valence-corrected chi connectivity index (χ4v) is 1.28. The maximum absolute atomic E-state index is 11.9. The Morgan fingerprint density at radius 2 is 2.00 bits per heavy atom. The minimum atomic E-state index is -0.426. The van der Waals surface area contributed by atoms with Crippen LogP contribution in [-0.4, -0.2) is 16.5 Å². The number of hydrogen-bond acceptors (Lipinski definition) is 3. The highest BCUT2D eigenvalue weighted by molar-refractivity contribution is 4.93. The van der Waals surface area contributed by atoms with Gasteiger partial charge in [-0.2, -0.15) is 4.68 Å². The molecule has 5 heteroatoms. The Morgan fingerprint density at radius 3 is 2.50 bits per heavy atom. The number of aromatic nitrogens is 2. The first-order valence-corrected chi connectivity index (χ1v) is 5.59. The Kier molecular flexibility index (Phi) is 4.26. The van der Waals surface area contributed by atoms with Crippen LogP contribution in [0.5, 0.6) is 0 Å². The maximum atomic E-state index is 11.9. The third-order valence-corrected chi connectivity index (χ3v) is 2.25. The molecular formula is C11H19FN2O2. The Labute approximate surface area is 94.5 Å². The van der Waals surface area contributed by atoms with Crippen molar-refractivity contribution in [1.82, 2.24) is 9.78 Å². The first-order valence-electron chi connectivity index (χ1n) is 5.59. The molecule has 0 N–H and O–H groups in total. The summed E-state index contributed by atoms with van der Waals surface area (Å²) in [5.41, 5.74) is -0.261. The van der Waals surface area contributed by atoms with E-state index < -0.39 is 5.76 Å². The minimum absolute atomic E-state index is 0.261. The van der Waals surface area contributed by atoms with Crippen LogP contribution < -0.4 is 5.76 Å². The van der Waals surface area contributed by atoms with Gasteiger partial charge in [-0.1, -0.05) is 20.8 Å². The molecule has 16 heavy (non-hydrogen) atoms. The lowest BCUT2D eigenvalue weighted by atomic mass is 9.97. The number of aryl methyl sites for hydroxylation is 1. The van der Waals surface area contributed by atoms with Crippen molar-refractivity contribution in [1.29, 1.82) is 0 Å². The molecule has 4 nitrogen and oxygen atoms in total. The van der Waals surface area contributed by atoms with Gasteiger partial charge in [0.1, 0.15) is 0 Å². The van der Waals surface area contributed by atoms with E-state index in [1.807, 2.05) is 20.8 Å². The predicted molar refractivity (Wildman–Crippen MR) is 59.3 cm³/mol. The Hall–Kier alpha value is -1.13. The third kappa shape index (κ3) is 3.47. The molecule has 0 saturated carbocycles. The van der Waals surface area contributed by atoms with Gasteiger partial charge in [-0.25, -0.2) is 4.79 Å². The summed E-state index contributed by atoms with van der Waals surface area (Å²) < 4.78 is 18.2. The zero-order valence-corrected chi connectivity index (χ0v) is 10.1. The second-order valence-electron chi connectivity index (χ2n) is 4.90. The van der Waals surface area contributed by atoms with Crippen LogP contribution in [0.15, 0.2) is 9.21 Å². The van der Waals surface area contributed by atoms with Crippen molar-refractivity contribution in [3.05, 3.63) is 16.4 Å². The fourth-order valence-electron chi connectivity index (χ4n) is 1.28. The molecule has 0 aromatic carbocycles. The number of hydrogen-bond donors (Lipinski definition) is 0. The van der Waals surface area contributed by atoms with Crippen LogP contribution in [0.4, 0.5) is 4.39 Å². The highest BCUT2D eigenvalue weighted by Crippen LogP contribution is 2.18. The van der Waals surface area contributed by atoms with Crippen molar-refractivity contribution in [3.8, 4) is 0 Å². The van der Waals surface area contributed by atoms with Crippen LogP contribution in [0, 0.1) is 0 Å². The minimum Gasteiger partial charge on any atom is -0.392 e. The molecule has 0 atom stereocenters. The van der Waals surface area contributed by atoms with E-state index in [4.69, 9.17) is 4.42 Å². The molecule has 0 aliphatic carbocycles. The number of alkyl halides is 1. The van der Waals surface area contributed by atoms with E-state index in [0.717, 1.165) is 12.8 Å². The largest absolute Gasteiger partial charge is 0.437 e. The molecular weight excluding hydrogens is 211 g/mol. The van der Waals surface area contributed by atoms with Crippen LogP contribution in [0.2, 0.25) is 0 Å². The lowest BCUT2D eigenvalue weighted by Crippen LogP contribution is -2.16. The zero-order valence-electron chi connectivity index (χ0n) is 10.1. The quantitative estimate of drug-likeness (QED) is 0.729. The lowest BCUT2D eigenvalue weighted by molar-refractivity contribution is 0.373. The number of halogens is 1. The van der Waals surface area contributed by atoms with Crippen LogP contribution in [-0.2, 0) is 12.0 Å². The second-order valence-corrected chi connectivity index (χ2v) is 4.90. The van der Waals surface area contributed by atoms with E-state index in [2.05, 4.69) is 5.10 Å². The molecule has 1 heterocycles. The van der Waals surface area contributed by atoms with E-state index in [1.54, 1.807) is 0 Å². The molecule has 0 fully saturated rings. The molecule has 0 amide bonds. The molecule has 92 valence electrons. The maximum Gasteiger partial charge on any atom is 0.437 e. The summed E-state index contributed by atoms with van der Waals surface area (Å²) in [7, 11) is 0. The highest BCUT2D eigenvalue weighted by atomic mass is 19.1. The molecule has 1 aromatic rings. The summed E-state index contributed by atoms with van der Waals surface area (Å²) in [5, 5.41) is 4.12. The topological polar surface area (TPSA) is 48.0 Å². The average molecular weight is 230 g/mol. The highest BCUT2D eigenvalue weighted by Gasteiger charge is 2.22. The van der Waals surface area contributed by atoms with Gasteiger partial charge in [0.2, 0.25) is 5.89 Å². The van der Waals surface area contributed by atoms with Gasteiger partial charge < -0.3 is 4.42 Å². The monoisotopic (exact) mass is 230 g/mol. The van der Waals surface area contributed by atoms with Crippen molar-refractivity contribution in [2.24, 2.45) is 0 Å². The number of nitrogens with zero attached hydrogens (tertiary/aromatic N) is 2. The predicted octanol–water partition coefficient (Wildman–Crippen LogP) is 2.27. The van der Waals surface area contributed by atoms with Gasteiger partial charge in [0.05, 0.1) is 6.67 Å². The average Bonchev–Trinajstić information content (AvgIpc) is 2.55. The smallest absolute Gasteiger partial charge is 0.392 e. The van der Waals surface area contributed by atoms with Gasteiger partial charge in [-0.15, -0.1) is 5.10 Å². The van der Waals surface area contributed by atoms with E-state index in [9.17, 15) is 9.18 Å². The third-order valence-electron chi connectivity index (χ3n) is 2.25. The van der Waals surface area contributed by atoms with Crippen LogP contribution in [0.25, 0.3) is 0 Å². The van der Waals surface area contributed by atoms with Gasteiger partial charge in [-0.3, -0.25) is 4.39 Å². The molecule has 0 saturated heterocycles. The van der Waals surface area contributed by atoms with E-state index in [-0.39, 0.29) is 12.1 Å². The summed E-state index contributed by atoms with van der Waals surface area (Å²) >= 11 is 0. The van der Waals surface area contributed by atoms with Crippen LogP contribution in [0.3, 0.4) is 0 Å². The molecule has 0 aliphatic heterocycles. The SMILES string of the molecule is CC(C)(C)c1nn(CCCCCF)c(=O)o1. The molecule has 0 aliphatic rings. The van der Waals surface area contributed by atoms with E-state index in [1.165, 1.54) is 4.68 Å². The van der Waals surface area contributed by atoms with Crippen molar-refractivity contribution >= 4 is 0 Å². The van der Waals surface area contributed by atoms with Gasteiger partial charge in [0, 0.05) is 12.0 Å². The number of unbranched alkanes of at least 4 members (excludes halogenated alkanes) is 2. The summed E-state index contributed by atoms with van der Waals surface area (Å²) in [6.07, 6.45) is 2.05. The standard InChI is InChI=1S/C11H19FN2O2/c1-11(2,3)9-13-14(10(15)16-9)8-6-4-5-7-12/h4-8H2,1-3H3. The summed E-state index contributed by atoms with van der Waals surface area (Å²) in [4.78, 5) is 11.4. The van der Waals surface area contributed by atoms with E-state index in [0.29, 0.717) is 18.9 Å². The lowest BCUT2D eigenvalue weighted by Gasteiger charge is -2.10. The van der Waals surface area contributed by atoms with Crippen LogP contribution in [0.1, 0.15) is 45.9 Å². The zero-order chi connectivity index (χ0) is 12.2. The first kappa shape index (κ1) is 12.9. The Morgan fingerprint density at radius 1 is 1.31 bits per heavy atom. The summed E-state index contributed by atoms with van der Waals surface area (Å²) in [5.74, 6) is 0.0214. The molecule has 0 unspecified atom stereocenters. The molecule has 1 rings (SSSR count). The molecule has 0 bridgehead atoms. The summed E-state index contributed by atoms with van der Waals surface area (Å²) in [6.45, 7) is 6.00. The van der Waals surface area contributed by atoms with Crippen molar-refractivity contribution in [2.75, 3.05) is 6.67 Å². The molecule has 0 radical (unpaired) electrons. The van der Waals surface area contributed by atoms with Gasteiger partial charge in [-0.05, 0) is 19.3 Å². The van der Waals surface area contributed by atoms with Gasteiger partial charge in [0.15, 0.2) is 0 Å². The molecule has 0 spiro atoms. The Bertz CT molecular complexity index is 376. The van der Waals surface area contributed by atoms with Crippen molar-refractivity contribution in [2.45, 2.75) is 52.0 Å². The van der Waals surface area contributed by atoms with Crippen molar-refractivity contribution < 1.29 is 8.81 Å².